The van der Waals surface area contributed by atoms with Crippen LogP contribution in [-0.4, -0.2) is 10.4 Å². The van der Waals surface area contributed by atoms with Crippen molar-refractivity contribution in [1.82, 2.24) is 4.57 Å². The van der Waals surface area contributed by atoms with Crippen LogP contribution in [0.2, 0.25) is 0 Å². The lowest BCUT2D eigenvalue weighted by Gasteiger charge is -2.09. The van der Waals surface area contributed by atoms with Gasteiger partial charge >= 0.3 is 0 Å². The second-order valence-electron chi connectivity index (χ2n) is 6.85. The van der Waals surface area contributed by atoms with Crippen molar-refractivity contribution in [1.29, 1.82) is 0 Å². The van der Waals surface area contributed by atoms with Crippen molar-refractivity contribution in [2.24, 2.45) is 0 Å². The zero-order chi connectivity index (χ0) is 18.4. The summed E-state index contributed by atoms with van der Waals surface area (Å²) in [5.74, 6) is 0.0730. The average molecular weight is 349 g/mol. The Kier molecular flexibility index (Phi) is 3.58. The lowest BCUT2D eigenvalue weighted by Crippen LogP contribution is -2.05. The van der Waals surface area contributed by atoms with Gasteiger partial charge in [-0.25, -0.2) is 0 Å². The number of benzene rings is 4. The van der Waals surface area contributed by atoms with E-state index in [-0.39, 0.29) is 5.78 Å². The maximum Gasteiger partial charge on any atom is 0.195 e. The van der Waals surface area contributed by atoms with Gasteiger partial charge in [-0.15, -0.1) is 0 Å². The van der Waals surface area contributed by atoms with Crippen LogP contribution in [-0.2, 0) is 6.54 Å². The number of aromatic nitrogens is 1. The van der Waals surface area contributed by atoms with Crippen LogP contribution in [0.1, 0.15) is 22.8 Å². The Morgan fingerprint density at radius 1 is 0.778 bits per heavy atom. The third kappa shape index (κ3) is 2.37. The molecule has 1 aromatic heterocycles. The van der Waals surface area contributed by atoms with Gasteiger partial charge in [-0.05, 0) is 35.9 Å². The zero-order valence-corrected chi connectivity index (χ0v) is 15.1. The Balaban J connectivity index is 1.77. The number of aryl methyl sites for hydroxylation is 1. The molecule has 2 nitrogen and oxygen atoms in total. The summed E-state index contributed by atoms with van der Waals surface area (Å²) in [6, 6.07) is 28.5. The van der Waals surface area contributed by atoms with E-state index in [1.54, 1.807) is 0 Å². The Labute approximate surface area is 157 Å². The van der Waals surface area contributed by atoms with Crippen LogP contribution in [0.5, 0.6) is 0 Å². The minimum absolute atomic E-state index is 0.0730. The van der Waals surface area contributed by atoms with Crippen molar-refractivity contribution in [3.63, 3.8) is 0 Å². The highest BCUT2D eigenvalue weighted by Gasteiger charge is 2.18. The predicted octanol–water partition coefficient (Wildman–Crippen LogP) is 6.20. The largest absolute Gasteiger partial charge is 0.340 e. The molecule has 0 radical (unpaired) electrons. The number of nitrogens with zero attached hydrogens (tertiary/aromatic N) is 1. The normalized spacial score (nSPS) is 11.4. The van der Waals surface area contributed by atoms with Gasteiger partial charge in [0.1, 0.15) is 0 Å². The number of fused-ring (bicyclic) bond motifs is 4. The molecular formula is C25H19NO. The van der Waals surface area contributed by atoms with E-state index in [0.717, 1.165) is 39.3 Å². The van der Waals surface area contributed by atoms with E-state index in [0.29, 0.717) is 0 Å². The molecule has 0 unspecified atom stereocenters. The molecule has 0 bridgehead atoms. The molecule has 0 N–H and O–H groups in total. The van der Waals surface area contributed by atoms with Gasteiger partial charge in [0.25, 0.3) is 0 Å². The molecule has 27 heavy (non-hydrogen) atoms. The summed E-state index contributed by atoms with van der Waals surface area (Å²) >= 11 is 0. The first-order chi connectivity index (χ1) is 13.3. The lowest BCUT2D eigenvalue weighted by atomic mass is 9.98. The molecule has 0 fully saturated rings. The van der Waals surface area contributed by atoms with E-state index in [2.05, 4.69) is 54.0 Å². The number of rotatable bonds is 3. The summed E-state index contributed by atoms with van der Waals surface area (Å²) in [7, 11) is 0. The second-order valence-corrected chi connectivity index (χ2v) is 6.85. The molecule has 4 aromatic carbocycles. The van der Waals surface area contributed by atoms with Gasteiger partial charge in [-0.1, -0.05) is 66.7 Å². The summed E-state index contributed by atoms with van der Waals surface area (Å²) in [5.41, 5.74) is 3.70. The van der Waals surface area contributed by atoms with Gasteiger partial charge in [0.05, 0.1) is 5.52 Å². The van der Waals surface area contributed by atoms with E-state index in [9.17, 15) is 4.79 Å². The summed E-state index contributed by atoms with van der Waals surface area (Å²) in [6.07, 6.45) is 0. The molecule has 1 heterocycles. The van der Waals surface area contributed by atoms with Gasteiger partial charge in [0.2, 0.25) is 0 Å². The molecule has 0 saturated heterocycles. The summed E-state index contributed by atoms with van der Waals surface area (Å²) in [5, 5.41) is 4.57. The smallest absolute Gasteiger partial charge is 0.195 e. The minimum Gasteiger partial charge on any atom is -0.340 e. The molecule has 0 amide bonds. The molecule has 0 atom stereocenters. The van der Waals surface area contributed by atoms with Crippen molar-refractivity contribution in [3.8, 4) is 0 Å². The first-order valence-corrected chi connectivity index (χ1v) is 9.31. The van der Waals surface area contributed by atoms with Gasteiger partial charge < -0.3 is 4.57 Å². The maximum atomic E-state index is 13.4. The van der Waals surface area contributed by atoms with Crippen molar-refractivity contribution in [2.75, 3.05) is 0 Å². The van der Waals surface area contributed by atoms with E-state index < -0.39 is 0 Å². The van der Waals surface area contributed by atoms with Crippen LogP contribution in [0.25, 0.3) is 32.6 Å². The minimum atomic E-state index is 0.0730. The monoisotopic (exact) mass is 349 g/mol. The fourth-order valence-corrected chi connectivity index (χ4v) is 4.11. The molecule has 2 heteroatoms. The number of ketones is 1. The number of hydrogen-bond acceptors (Lipinski definition) is 1. The third-order valence-electron chi connectivity index (χ3n) is 5.36. The van der Waals surface area contributed by atoms with Crippen molar-refractivity contribution in [3.05, 3.63) is 96.1 Å². The topological polar surface area (TPSA) is 22.0 Å². The van der Waals surface area contributed by atoms with Gasteiger partial charge in [0.15, 0.2) is 5.78 Å². The summed E-state index contributed by atoms with van der Waals surface area (Å²) < 4.78 is 2.25. The Bertz CT molecular complexity index is 1330. The highest BCUT2D eigenvalue weighted by molar-refractivity contribution is 6.21. The average Bonchev–Trinajstić information content (AvgIpc) is 3.06. The van der Waals surface area contributed by atoms with Crippen molar-refractivity contribution >= 4 is 38.4 Å². The highest BCUT2D eigenvalue weighted by atomic mass is 16.1. The third-order valence-corrected chi connectivity index (χ3v) is 5.36. The van der Waals surface area contributed by atoms with E-state index in [1.807, 2.05) is 42.5 Å². The fourth-order valence-electron chi connectivity index (χ4n) is 4.11. The molecular weight excluding hydrogens is 330 g/mol. The molecule has 0 spiro atoms. The van der Waals surface area contributed by atoms with Crippen LogP contribution in [0, 0.1) is 0 Å². The zero-order valence-electron chi connectivity index (χ0n) is 15.1. The quantitative estimate of drug-likeness (QED) is 0.356. The van der Waals surface area contributed by atoms with Crippen molar-refractivity contribution < 1.29 is 4.79 Å². The molecule has 0 aliphatic carbocycles. The summed E-state index contributed by atoms with van der Waals surface area (Å²) in [4.78, 5) is 13.4. The maximum absolute atomic E-state index is 13.4. The van der Waals surface area contributed by atoms with Crippen LogP contribution in [0.3, 0.4) is 0 Å². The molecule has 0 aliphatic heterocycles. The highest BCUT2D eigenvalue weighted by Crippen LogP contribution is 2.32. The van der Waals surface area contributed by atoms with Crippen LogP contribution in [0.15, 0.2) is 84.9 Å². The van der Waals surface area contributed by atoms with Crippen LogP contribution < -0.4 is 0 Å². The molecule has 0 saturated carbocycles. The fraction of sp³-hybridized carbons (Fsp3) is 0.0800. The van der Waals surface area contributed by atoms with Gasteiger partial charge in [-0.3, -0.25) is 4.79 Å². The lowest BCUT2D eigenvalue weighted by molar-refractivity contribution is 0.104. The van der Waals surface area contributed by atoms with E-state index in [4.69, 9.17) is 0 Å². The number of hydrogen-bond donors (Lipinski definition) is 0. The van der Waals surface area contributed by atoms with Crippen LogP contribution in [0.4, 0.5) is 0 Å². The summed E-state index contributed by atoms with van der Waals surface area (Å²) in [6.45, 7) is 2.95. The van der Waals surface area contributed by atoms with E-state index >= 15 is 0 Å². The van der Waals surface area contributed by atoms with E-state index in [1.165, 1.54) is 10.9 Å². The van der Waals surface area contributed by atoms with Crippen molar-refractivity contribution in [2.45, 2.75) is 13.5 Å². The first kappa shape index (κ1) is 15.8. The first-order valence-electron chi connectivity index (χ1n) is 9.31. The Morgan fingerprint density at radius 2 is 1.52 bits per heavy atom. The Hall–Kier alpha value is -3.39. The van der Waals surface area contributed by atoms with Gasteiger partial charge in [0, 0.05) is 34.0 Å². The second kappa shape index (κ2) is 6.10. The number of carbonyl (C=O) groups is 1. The van der Waals surface area contributed by atoms with Crippen LogP contribution >= 0.6 is 0 Å². The molecule has 0 aliphatic rings. The predicted molar refractivity (Wildman–Crippen MR) is 112 cm³/mol. The Morgan fingerprint density at radius 3 is 2.37 bits per heavy atom. The standard InChI is InChI=1S/C25H19NO/c1-2-26-23-13-6-5-10-20(23)21-11-7-12-22(24(21)26)25(27)19-15-14-17-8-3-4-9-18(17)16-19/h3-16H,2H2,1H3. The SMILES string of the molecule is CCn1c2ccccc2c2cccc(C(=O)c3ccc4ccccc4c3)c21. The number of carbonyl (C=O) groups excluding carboxylic acids is 1. The molecule has 5 rings (SSSR count). The molecule has 130 valence electrons. The van der Waals surface area contributed by atoms with Gasteiger partial charge in [-0.2, -0.15) is 0 Å². The molecule has 5 aromatic rings. The number of para-hydroxylation sites is 2.